The average molecular weight is 221 g/mol. The van der Waals surface area contributed by atoms with Gasteiger partial charge >= 0.3 is 0 Å². The zero-order chi connectivity index (χ0) is 12.3. The summed E-state index contributed by atoms with van der Waals surface area (Å²) in [6.07, 6.45) is 0. The Labute approximate surface area is 98.2 Å². The average Bonchev–Trinajstić information content (AvgIpc) is 2.37. The quantitative estimate of drug-likeness (QED) is 0.829. The first kappa shape index (κ1) is 11.7. The summed E-state index contributed by atoms with van der Waals surface area (Å²) in [4.78, 5) is 0. The van der Waals surface area contributed by atoms with Crippen LogP contribution in [0.5, 0.6) is 0 Å². The topological polar surface area (TPSA) is 39.2 Å². The first-order chi connectivity index (χ1) is 7.19. The Balaban J connectivity index is 2.29. The molecule has 0 bridgehead atoms. The highest BCUT2D eigenvalue weighted by atomic mass is 16.3. The van der Waals surface area contributed by atoms with Crippen molar-refractivity contribution >= 4 is 0 Å². The summed E-state index contributed by atoms with van der Waals surface area (Å²) in [6, 6.07) is 2.19. The fraction of sp³-hybridized carbons (Fsp3) is 0.714. The molecule has 1 aromatic rings. The van der Waals surface area contributed by atoms with E-state index in [9.17, 15) is 0 Å². The third kappa shape index (κ3) is 1.36. The molecule has 2 heteroatoms. The van der Waals surface area contributed by atoms with Gasteiger partial charge in [0.05, 0.1) is 0 Å². The van der Waals surface area contributed by atoms with E-state index in [1.807, 2.05) is 13.8 Å². The molecule has 0 aromatic carbocycles. The standard InChI is InChI=1S/C14H23NO/c1-8-7-10(9(2)16-8)11(15)12-13(3,4)14(12,5)6/h7,11-12H,15H2,1-6H3. The van der Waals surface area contributed by atoms with Crippen molar-refractivity contribution in [1.82, 2.24) is 0 Å². The number of hydrogen-bond acceptors (Lipinski definition) is 2. The molecule has 1 atom stereocenters. The Morgan fingerprint density at radius 1 is 1.19 bits per heavy atom. The van der Waals surface area contributed by atoms with Crippen LogP contribution >= 0.6 is 0 Å². The molecule has 0 spiro atoms. The second-order valence-corrected chi connectivity index (χ2v) is 6.32. The van der Waals surface area contributed by atoms with Gasteiger partial charge in [-0.25, -0.2) is 0 Å². The Morgan fingerprint density at radius 2 is 1.69 bits per heavy atom. The van der Waals surface area contributed by atoms with Crippen molar-refractivity contribution in [3.05, 3.63) is 23.2 Å². The van der Waals surface area contributed by atoms with Crippen LogP contribution in [-0.2, 0) is 0 Å². The molecule has 1 heterocycles. The van der Waals surface area contributed by atoms with Crippen LogP contribution in [0.3, 0.4) is 0 Å². The van der Waals surface area contributed by atoms with Crippen LogP contribution in [-0.4, -0.2) is 0 Å². The maximum absolute atomic E-state index is 6.41. The minimum atomic E-state index is 0.0995. The molecule has 2 nitrogen and oxygen atoms in total. The van der Waals surface area contributed by atoms with Crippen LogP contribution in [0.4, 0.5) is 0 Å². The molecule has 2 N–H and O–H groups in total. The monoisotopic (exact) mass is 221 g/mol. The fourth-order valence-electron chi connectivity index (χ4n) is 3.31. The highest BCUT2D eigenvalue weighted by molar-refractivity contribution is 5.30. The van der Waals surface area contributed by atoms with Crippen molar-refractivity contribution in [2.24, 2.45) is 22.5 Å². The lowest BCUT2D eigenvalue weighted by Crippen LogP contribution is -2.16. The summed E-state index contributed by atoms with van der Waals surface area (Å²) in [6.45, 7) is 13.2. The van der Waals surface area contributed by atoms with E-state index in [0.717, 1.165) is 11.5 Å². The molecule has 1 aliphatic rings. The molecule has 2 rings (SSSR count). The van der Waals surface area contributed by atoms with Gasteiger partial charge in [-0.1, -0.05) is 27.7 Å². The molecule has 1 aliphatic carbocycles. The summed E-state index contributed by atoms with van der Waals surface area (Å²) in [5, 5.41) is 0. The van der Waals surface area contributed by atoms with Crippen LogP contribution < -0.4 is 5.73 Å². The molecule has 16 heavy (non-hydrogen) atoms. The lowest BCUT2D eigenvalue weighted by atomic mass is 9.98. The van der Waals surface area contributed by atoms with Gasteiger partial charge in [0.15, 0.2) is 0 Å². The number of hydrogen-bond donors (Lipinski definition) is 1. The Morgan fingerprint density at radius 3 is 2.00 bits per heavy atom. The second kappa shape index (κ2) is 3.13. The van der Waals surface area contributed by atoms with E-state index in [1.54, 1.807) is 0 Å². The zero-order valence-electron chi connectivity index (χ0n) is 11.2. The first-order valence-electron chi connectivity index (χ1n) is 6.02. The van der Waals surface area contributed by atoms with E-state index in [-0.39, 0.29) is 6.04 Å². The first-order valence-corrected chi connectivity index (χ1v) is 6.02. The van der Waals surface area contributed by atoms with Gasteiger partial charge < -0.3 is 10.2 Å². The van der Waals surface area contributed by atoms with E-state index in [4.69, 9.17) is 10.2 Å². The highest BCUT2D eigenvalue weighted by Crippen LogP contribution is 2.71. The molecular weight excluding hydrogens is 198 g/mol. The lowest BCUT2D eigenvalue weighted by molar-refractivity contribution is 0.457. The molecule has 0 aliphatic heterocycles. The fourth-order valence-corrected chi connectivity index (χ4v) is 3.31. The number of furan rings is 1. The van der Waals surface area contributed by atoms with E-state index in [2.05, 4.69) is 33.8 Å². The van der Waals surface area contributed by atoms with Crippen LogP contribution in [0.15, 0.2) is 10.5 Å². The van der Waals surface area contributed by atoms with Crippen molar-refractivity contribution < 1.29 is 4.42 Å². The van der Waals surface area contributed by atoms with Crippen molar-refractivity contribution in [1.29, 1.82) is 0 Å². The summed E-state index contributed by atoms with van der Waals surface area (Å²) in [5.41, 5.74) is 8.23. The Kier molecular flexibility index (Phi) is 2.29. The SMILES string of the molecule is Cc1cc(C(N)C2C(C)(C)C2(C)C)c(C)o1. The third-order valence-corrected chi connectivity index (χ3v) is 4.93. The lowest BCUT2D eigenvalue weighted by Gasteiger charge is -2.12. The van der Waals surface area contributed by atoms with Gasteiger partial charge in [0.1, 0.15) is 11.5 Å². The molecule has 1 saturated carbocycles. The van der Waals surface area contributed by atoms with Gasteiger partial charge in [-0.3, -0.25) is 0 Å². The molecule has 1 aromatic heterocycles. The van der Waals surface area contributed by atoms with E-state index in [1.165, 1.54) is 5.56 Å². The minimum absolute atomic E-state index is 0.0995. The normalized spacial score (nSPS) is 24.4. The van der Waals surface area contributed by atoms with Crippen molar-refractivity contribution in [3.8, 4) is 0 Å². The van der Waals surface area contributed by atoms with E-state index in [0.29, 0.717) is 16.7 Å². The number of aryl methyl sites for hydroxylation is 2. The number of nitrogens with two attached hydrogens (primary N) is 1. The van der Waals surface area contributed by atoms with Crippen molar-refractivity contribution in [2.75, 3.05) is 0 Å². The minimum Gasteiger partial charge on any atom is -0.466 e. The molecule has 1 fully saturated rings. The Bertz CT molecular complexity index is 400. The van der Waals surface area contributed by atoms with E-state index >= 15 is 0 Å². The van der Waals surface area contributed by atoms with Crippen LogP contribution in [0.25, 0.3) is 0 Å². The number of rotatable bonds is 2. The molecule has 0 radical (unpaired) electrons. The summed E-state index contributed by atoms with van der Waals surface area (Å²) < 4.78 is 5.57. The zero-order valence-corrected chi connectivity index (χ0v) is 11.2. The van der Waals surface area contributed by atoms with Gasteiger partial charge in [0.2, 0.25) is 0 Å². The predicted octanol–water partition coefficient (Wildman–Crippen LogP) is 3.58. The van der Waals surface area contributed by atoms with Crippen LogP contribution in [0, 0.1) is 30.6 Å². The van der Waals surface area contributed by atoms with Gasteiger partial charge in [-0.05, 0) is 36.7 Å². The van der Waals surface area contributed by atoms with Crippen LogP contribution in [0.1, 0.15) is 50.8 Å². The van der Waals surface area contributed by atoms with Gasteiger partial charge in [-0.2, -0.15) is 0 Å². The third-order valence-electron chi connectivity index (χ3n) is 4.93. The van der Waals surface area contributed by atoms with Crippen LogP contribution in [0.2, 0.25) is 0 Å². The smallest absolute Gasteiger partial charge is 0.105 e. The molecular formula is C14H23NO. The summed E-state index contributed by atoms with van der Waals surface area (Å²) >= 11 is 0. The molecule has 0 amide bonds. The predicted molar refractivity (Wildman–Crippen MR) is 66.2 cm³/mol. The van der Waals surface area contributed by atoms with Gasteiger partial charge in [0.25, 0.3) is 0 Å². The summed E-state index contributed by atoms with van der Waals surface area (Å²) in [7, 11) is 0. The van der Waals surface area contributed by atoms with Crippen molar-refractivity contribution in [3.63, 3.8) is 0 Å². The van der Waals surface area contributed by atoms with Crippen molar-refractivity contribution in [2.45, 2.75) is 47.6 Å². The summed E-state index contributed by atoms with van der Waals surface area (Å²) in [5.74, 6) is 2.47. The highest BCUT2D eigenvalue weighted by Gasteiger charge is 2.66. The van der Waals surface area contributed by atoms with Gasteiger partial charge in [-0.15, -0.1) is 0 Å². The van der Waals surface area contributed by atoms with Gasteiger partial charge in [0, 0.05) is 11.6 Å². The molecule has 90 valence electrons. The maximum Gasteiger partial charge on any atom is 0.105 e. The Hall–Kier alpha value is -0.760. The second-order valence-electron chi connectivity index (χ2n) is 6.32. The van der Waals surface area contributed by atoms with E-state index < -0.39 is 0 Å². The molecule has 1 unspecified atom stereocenters. The maximum atomic E-state index is 6.41. The molecule has 0 saturated heterocycles. The largest absolute Gasteiger partial charge is 0.466 e.